The van der Waals surface area contributed by atoms with Gasteiger partial charge in [0.25, 0.3) is 0 Å². The maximum Gasteiger partial charge on any atom is 0.303 e. The van der Waals surface area contributed by atoms with Gasteiger partial charge in [0.2, 0.25) is 5.91 Å². The van der Waals surface area contributed by atoms with E-state index in [1.165, 1.54) is 0 Å². The number of nitrogens with zero attached hydrogens (tertiary/aromatic N) is 1. The third-order valence-corrected chi connectivity index (χ3v) is 3.29. The molecular weight excluding hydrogens is 252 g/mol. The van der Waals surface area contributed by atoms with Crippen molar-refractivity contribution < 1.29 is 14.7 Å². The van der Waals surface area contributed by atoms with Crippen molar-refractivity contribution >= 4 is 23.6 Å². The van der Waals surface area contributed by atoms with Gasteiger partial charge in [-0.2, -0.15) is 11.8 Å². The zero-order valence-electron chi connectivity index (χ0n) is 11.4. The number of carbonyl (C=O) groups is 2. The van der Waals surface area contributed by atoms with Crippen molar-refractivity contribution in [3.05, 3.63) is 0 Å². The van der Waals surface area contributed by atoms with Gasteiger partial charge in [-0.25, -0.2) is 0 Å². The van der Waals surface area contributed by atoms with E-state index in [0.29, 0.717) is 19.4 Å². The van der Waals surface area contributed by atoms with Crippen molar-refractivity contribution in [1.29, 1.82) is 0 Å². The van der Waals surface area contributed by atoms with Crippen LogP contribution in [-0.4, -0.2) is 52.5 Å². The fourth-order valence-electron chi connectivity index (χ4n) is 1.60. The molecule has 0 aromatic rings. The van der Waals surface area contributed by atoms with E-state index >= 15 is 0 Å². The molecule has 0 aliphatic heterocycles. The number of nitrogens with two attached hydrogens (primary N) is 1. The molecule has 0 spiro atoms. The van der Waals surface area contributed by atoms with Crippen LogP contribution in [0.5, 0.6) is 0 Å². The highest BCUT2D eigenvalue weighted by atomic mass is 32.2. The van der Waals surface area contributed by atoms with Crippen LogP contribution in [0, 0.1) is 0 Å². The lowest BCUT2D eigenvalue weighted by molar-refractivity contribution is -0.139. The number of hydrogen-bond acceptors (Lipinski definition) is 4. The summed E-state index contributed by atoms with van der Waals surface area (Å²) in [7, 11) is 0. The second-order valence-corrected chi connectivity index (χ2v) is 5.50. The molecule has 0 fully saturated rings. The average Bonchev–Trinajstić information content (AvgIpc) is 2.30. The first-order chi connectivity index (χ1) is 8.40. The minimum absolute atomic E-state index is 0.0478. The van der Waals surface area contributed by atoms with E-state index in [-0.39, 0.29) is 18.4 Å². The highest BCUT2D eigenvalue weighted by Gasteiger charge is 2.22. The van der Waals surface area contributed by atoms with Crippen molar-refractivity contribution in [2.75, 3.05) is 18.6 Å². The summed E-state index contributed by atoms with van der Waals surface area (Å²) in [6, 6.07) is -0.434. The predicted molar refractivity (Wildman–Crippen MR) is 74.7 cm³/mol. The molecule has 6 heteroatoms. The molecule has 18 heavy (non-hydrogen) atoms. The van der Waals surface area contributed by atoms with Crippen molar-refractivity contribution in [2.45, 2.75) is 45.2 Å². The molecule has 0 rings (SSSR count). The summed E-state index contributed by atoms with van der Waals surface area (Å²) in [5.74, 6) is -0.0594. The van der Waals surface area contributed by atoms with Crippen molar-refractivity contribution in [3.63, 3.8) is 0 Å². The highest BCUT2D eigenvalue weighted by Crippen LogP contribution is 2.08. The molecule has 0 aliphatic carbocycles. The second-order valence-electron chi connectivity index (χ2n) is 4.51. The molecular formula is C12H24N2O3S. The molecule has 1 amide bonds. The maximum atomic E-state index is 12.1. The molecule has 1 atom stereocenters. The summed E-state index contributed by atoms with van der Waals surface area (Å²) in [4.78, 5) is 24.2. The van der Waals surface area contributed by atoms with E-state index in [1.807, 2.05) is 20.1 Å². The fourth-order valence-corrected chi connectivity index (χ4v) is 2.09. The molecule has 0 saturated heterocycles. The summed E-state index contributed by atoms with van der Waals surface area (Å²) in [6.45, 7) is 4.29. The van der Waals surface area contributed by atoms with Crippen LogP contribution in [0.3, 0.4) is 0 Å². The van der Waals surface area contributed by atoms with Crippen LogP contribution in [-0.2, 0) is 9.59 Å². The van der Waals surface area contributed by atoms with Crippen LogP contribution in [0.25, 0.3) is 0 Å². The van der Waals surface area contributed by atoms with E-state index in [9.17, 15) is 9.59 Å². The molecule has 0 bridgehead atoms. The lowest BCUT2D eigenvalue weighted by Crippen LogP contribution is -2.47. The van der Waals surface area contributed by atoms with Gasteiger partial charge in [-0.05, 0) is 38.7 Å². The normalized spacial score (nSPS) is 12.5. The minimum Gasteiger partial charge on any atom is -0.481 e. The van der Waals surface area contributed by atoms with Crippen LogP contribution in [0.15, 0.2) is 0 Å². The molecule has 0 radical (unpaired) electrons. The van der Waals surface area contributed by atoms with Crippen molar-refractivity contribution in [1.82, 2.24) is 4.90 Å². The van der Waals surface area contributed by atoms with Crippen LogP contribution in [0.1, 0.15) is 33.1 Å². The molecule has 0 saturated carbocycles. The largest absolute Gasteiger partial charge is 0.481 e. The van der Waals surface area contributed by atoms with Gasteiger partial charge >= 0.3 is 5.97 Å². The van der Waals surface area contributed by atoms with E-state index in [2.05, 4.69) is 0 Å². The fraction of sp³-hybridized carbons (Fsp3) is 0.833. The third-order valence-electron chi connectivity index (χ3n) is 2.65. The topological polar surface area (TPSA) is 83.6 Å². The first kappa shape index (κ1) is 17.2. The standard InChI is InChI=1S/C12H24N2O3S/c1-9(2)14(7-4-5-11(15)16)12(17)10(13)6-8-18-3/h9-10H,4-8,13H2,1-3H3,(H,15,16)/t10-/m1/s1. The van der Waals surface area contributed by atoms with Gasteiger partial charge in [-0.15, -0.1) is 0 Å². The monoisotopic (exact) mass is 276 g/mol. The molecule has 0 aromatic carbocycles. The Morgan fingerprint density at radius 1 is 1.39 bits per heavy atom. The van der Waals surface area contributed by atoms with Gasteiger partial charge in [-0.3, -0.25) is 9.59 Å². The van der Waals surface area contributed by atoms with Crippen LogP contribution in [0.2, 0.25) is 0 Å². The number of carboxylic acids is 1. The number of carboxylic acid groups (broad SMARTS) is 1. The van der Waals surface area contributed by atoms with E-state index < -0.39 is 12.0 Å². The Hall–Kier alpha value is -0.750. The Bertz CT molecular complexity index is 272. The number of hydrogen-bond donors (Lipinski definition) is 2. The second kappa shape index (κ2) is 9.22. The van der Waals surface area contributed by atoms with Gasteiger partial charge in [0.15, 0.2) is 0 Å². The molecule has 0 heterocycles. The van der Waals surface area contributed by atoms with Crippen LogP contribution >= 0.6 is 11.8 Å². The van der Waals surface area contributed by atoms with E-state index in [4.69, 9.17) is 10.8 Å². The molecule has 3 N–H and O–H groups in total. The first-order valence-electron chi connectivity index (χ1n) is 6.17. The smallest absolute Gasteiger partial charge is 0.303 e. The molecule has 0 aliphatic rings. The first-order valence-corrected chi connectivity index (χ1v) is 7.56. The molecule has 5 nitrogen and oxygen atoms in total. The maximum absolute atomic E-state index is 12.1. The van der Waals surface area contributed by atoms with Crippen LogP contribution in [0.4, 0.5) is 0 Å². The van der Waals surface area contributed by atoms with Crippen molar-refractivity contribution in [3.8, 4) is 0 Å². The Labute approximate surface area is 113 Å². The Morgan fingerprint density at radius 2 is 2.00 bits per heavy atom. The van der Waals surface area contributed by atoms with E-state index in [1.54, 1.807) is 16.7 Å². The van der Waals surface area contributed by atoms with Crippen LogP contribution < -0.4 is 5.73 Å². The van der Waals surface area contributed by atoms with Gasteiger partial charge < -0.3 is 15.7 Å². The quantitative estimate of drug-likeness (QED) is 0.660. The number of amides is 1. The molecule has 106 valence electrons. The van der Waals surface area contributed by atoms with Gasteiger partial charge in [-0.1, -0.05) is 0 Å². The SMILES string of the molecule is CSCC[C@@H](N)C(=O)N(CCCC(=O)O)C(C)C. The Balaban J connectivity index is 4.30. The number of rotatable bonds is 9. The summed E-state index contributed by atoms with van der Waals surface area (Å²) >= 11 is 1.66. The third kappa shape index (κ3) is 6.86. The zero-order valence-corrected chi connectivity index (χ0v) is 12.2. The van der Waals surface area contributed by atoms with E-state index in [0.717, 1.165) is 5.75 Å². The minimum atomic E-state index is -0.835. The van der Waals surface area contributed by atoms with Gasteiger partial charge in [0.05, 0.1) is 6.04 Å². The zero-order chi connectivity index (χ0) is 14.1. The summed E-state index contributed by atoms with van der Waals surface area (Å²) in [5.41, 5.74) is 5.85. The summed E-state index contributed by atoms with van der Waals surface area (Å²) in [5, 5.41) is 8.60. The van der Waals surface area contributed by atoms with Crippen molar-refractivity contribution in [2.24, 2.45) is 5.73 Å². The Morgan fingerprint density at radius 3 is 2.44 bits per heavy atom. The van der Waals surface area contributed by atoms with Gasteiger partial charge in [0.1, 0.15) is 0 Å². The molecule has 0 aromatic heterocycles. The highest BCUT2D eigenvalue weighted by molar-refractivity contribution is 7.98. The average molecular weight is 276 g/mol. The number of carbonyl (C=O) groups excluding carboxylic acids is 1. The summed E-state index contributed by atoms with van der Waals surface area (Å²) in [6.07, 6.45) is 3.18. The Kier molecular flexibility index (Phi) is 8.83. The number of thioether (sulfide) groups is 1. The lowest BCUT2D eigenvalue weighted by Gasteiger charge is -2.29. The number of aliphatic carboxylic acids is 1. The summed E-state index contributed by atoms with van der Waals surface area (Å²) < 4.78 is 0. The lowest BCUT2D eigenvalue weighted by atomic mass is 10.1. The predicted octanol–water partition coefficient (Wildman–Crippen LogP) is 1.17. The van der Waals surface area contributed by atoms with Gasteiger partial charge in [0, 0.05) is 19.0 Å². The molecule has 0 unspecified atom stereocenters.